The molecule has 0 spiro atoms. The summed E-state index contributed by atoms with van der Waals surface area (Å²) in [4.78, 5) is 26.9. The summed E-state index contributed by atoms with van der Waals surface area (Å²) in [5.41, 5.74) is 9.28. The number of nitrogen functional groups attached to an aromatic ring is 1. The molecule has 0 saturated heterocycles. The van der Waals surface area contributed by atoms with Crippen molar-refractivity contribution in [2.24, 2.45) is 0 Å². The number of benzene rings is 1. The zero-order valence-corrected chi connectivity index (χ0v) is 15.8. The minimum absolute atomic E-state index is 0.0788. The van der Waals surface area contributed by atoms with Crippen LogP contribution in [0.2, 0.25) is 0 Å². The van der Waals surface area contributed by atoms with Crippen LogP contribution in [0.3, 0.4) is 0 Å². The Hall–Kier alpha value is -3.52. The van der Waals surface area contributed by atoms with Crippen molar-refractivity contribution in [1.82, 2.24) is 24.1 Å². The molecule has 1 atom stereocenters. The highest BCUT2D eigenvalue weighted by Gasteiger charge is 2.22. The lowest BCUT2D eigenvalue weighted by Gasteiger charge is -2.19. The molecule has 2 N–H and O–H groups in total. The number of anilines is 1. The summed E-state index contributed by atoms with van der Waals surface area (Å²) in [6, 6.07) is 12.9. The molecule has 0 amide bonds. The number of nitrogens with zero attached hydrogens (tertiary/aromatic N) is 5. The Kier molecular flexibility index (Phi) is 3.73. The Labute approximate surface area is 163 Å². The number of fused-ring (bicyclic) bond motifs is 2. The molecule has 4 heterocycles. The van der Waals surface area contributed by atoms with Gasteiger partial charge in [-0.1, -0.05) is 18.2 Å². The maximum Gasteiger partial charge on any atom is 0.276 e. The molecule has 5 rings (SSSR count). The third-order valence-electron chi connectivity index (χ3n) is 4.80. The van der Waals surface area contributed by atoms with Crippen LogP contribution in [0.1, 0.15) is 18.8 Å². The van der Waals surface area contributed by atoms with E-state index in [9.17, 15) is 4.79 Å². The molecule has 0 radical (unpaired) electrons. The number of pyridine rings is 1. The van der Waals surface area contributed by atoms with Gasteiger partial charge in [0.25, 0.3) is 5.56 Å². The van der Waals surface area contributed by atoms with Crippen LogP contribution in [-0.4, -0.2) is 24.1 Å². The lowest BCUT2D eigenvalue weighted by molar-refractivity contribution is 0.590. The predicted octanol–water partition coefficient (Wildman–Crippen LogP) is 3.38. The van der Waals surface area contributed by atoms with Gasteiger partial charge in [-0.2, -0.15) is 0 Å². The SMILES string of the molecule is CC(c1nc2ccsc2c(=O)n1-c1ccccc1)n1cnc2c(N)ccnc21. The molecule has 0 aliphatic rings. The minimum Gasteiger partial charge on any atom is -0.397 e. The van der Waals surface area contributed by atoms with Gasteiger partial charge in [-0.3, -0.25) is 9.36 Å². The van der Waals surface area contributed by atoms with Gasteiger partial charge in [0.1, 0.15) is 16.0 Å². The average Bonchev–Trinajstić information content (AvgIpc) is 3.36. The van der Waals surface area contributed by atoms with E-state index < -0.39 is 0 Å². The molecule has 8 heteroatoms. The monoisotopic (exact) mass is 388 g/mol. The minimum atomic E-state index is -0.281. The summed E-state index contributed by atoms with van der Waals surface area (Å²) in [6.07, 6.45) is 3.35. The van der Waals surface area contributed by atoms with E-state index >= 15 is 0 Å². The first kappa shape index (κ1) is 16.6. The lowest BCUT2D eigenvalue weighted by atomic mass is 10.2. The van der Waals surface area contributed by atoms with Crippen LogP contribution in [0.25, 0.3) is 27.1 Å². The first-order chi connectivity index (χ1) is 13.6. The van der Waals surface area contributed by atoms with Gasteiger partial charge in [-0.15, -0.1) is 11.3 Å². The Bertz CT molecular complexity index is 1370. The summed E-state index contributed by atoms with van der Waals surface area (Å²) in [5, 5.41) is 1.89. The van der Waals surface area contributed by atoms with Gasteiger partial charge in [0, 0.05) is 6.20 Å². The maximum atomic E-state index is 13.3. The van der Waals surface area contributed by atoms with Crippen LogP contribution >= 0.6 is 11.3 Å². The number of para-hydroxylation sites is 1. The molecule has 7 nitrogen and oxygen atoms in total. The van der Waals surface area contributed by atoms with Crippen LogP contribution in [0.5, 0.6) is 0 Å². The van der Waals surface area contributed by atoms with E-state index in [2.05, 4.69) is 9.97 Å². The topological polar surface area (TPSA) is 91.6 Å². The lowest BCUT2D eigenvalue weighted by Crippen LogP contribution is -2.26. The molecule has 1 unspecified atom stereocenters. The van der Waals surface area contributed by atoms with Gasteiger partial charge in [0.15, 0.2) is 5.65 Å². The Morgan fingerprint density at radius 1 is 1.11 bits per heavy atom. The molecule has 1 aromatic carbocycles. The first-order valence-electron chi connectivity index (χ1n) is 8.78. The van der Waals surface area contributed by atoms with Gasteiger partial charge in [-0.25, -0.2) is 15.0 Å². The molecular weight excluding hydrogens is 372 g/mol. The predicted molar refractivity (Wildman–Crippen MR) is 111 cm³/mol. The molecule has 0 bridgehead atoms. The Morgan fingerprint density at radius 3 is 2.75 bits per heavy atom. The molecule has 4 aromatic heterocycles. The van der Waals surface area contributed by atoms with Crippen molar-refractivity contribution in [2.75, 3.05) is 5.73 Å². The van der Waals surface area contributed by atoms with Crippen molar-refractivity contribution < 1.29 is 0 Å². The fourth-order valence-electron chi connectivity index (χ4n) is 3.40. The summed E-state index contributed by atoms with van der Waals surface area (Å²) >= 11 is 1.40. The summed E-state index contributed by atoms with van der Waals surface area (Å²) in [5.74, 6) is 0.616. The van der Waals surface area contributed by atoms with E-state index in [1.807, 2.05) is 53.3 Å². The number of rotatable bonds is 3. The fraction of sp³-hybridized carbons (Fsp3) is 0.100. The number of thiophene rings is 1. The van der Waals surface area contributed by atoms with Gasteiger partial charge in [-0.05, 0) is 36.6 Å². The Balaban J connectivity index is 1.80. The highest BCUT2D eigenvalue weighted by molar-refractivity contribution is 7.17. The van der Waals surface area contributed by atoms with Crippen molar-refractivity contribution in [3.05, 3.63) is 76.5 Å². The second-order valence-corrected chi connectivity index (χ2v) is 7.40. The second kappa shape index (κ2) is 6.28. The molecule has 5 aromatic rings. The highest BCUT2D eigenvalue weighted by atomic mass is 32.1. The van der Waals surface area contributed by atoms with Crippen molar-refractivity contribution in [3.8, 4) is 5.69 Å². The quantitative estimate of drug-likeness (QED) is 0.511. The van der Waals surface area contributed by atoms with E-state index in [0.717, 1.165) is 5.69 Å². The zero-order chi connectivity index (χ0) is 19.3. The van der Waals surface area contributed by atoms with E-state index in [1.54, 1.807) is 23.2 Å². The molecule has 138 valence electrons. The number of nitrogens with two attached hydrogens (primary N) is 1. The summed E-state index contributed by atoms with van der Waals surface area (Å²) in [6.45, 7) is 1.98. The molecule has 0 aliphatic heterocycles. The van der Waals surface area contributed by atoms with Crippen LogP contribution < -0.4 is 11.3 Å². The van der Waals surface area contributed by atoms with E-state index in [0.29, 0.717) is 32.9 Å². The van der Waals surface area contributed by atoms with Crippen LogP contribution in [0.4, 0.5) is 5.69 Å². The number of hydrogen-bond donors (Lipinski definition) is 1. The number of hydrogen-bond acceptors (Lipinski definition) is 6. The third-order valence-corrected chi connectivity index (χ3v) is 5.69. The highest BCUT2D eigenvalue weighted by Crippen LogP contribution is 2.26. The second-order valence-electron chi connectivity index (χ2n) is 6.48. The molecule has 0 fully saturated rings. The van der Waals surface area contributed by atoms with Gasteiger partial charge < -0.3 is 10.3 Å². The average molecular weight is 388 g/mol. The largest absolute Gasteiger partial charge is 0.397 e. The van der Waals surface area contributed by atoms with Gasteiger partial charge in [0.2, 0.25) is 0 Å². The van der Waals surface area contributed by atoms with Gasteiger partial charge in [0.05, 0.1) is 29.3 Å². The van der Waals surface area contributed by atoms with E-state index in [4.69, 9.17) is 10.7 Å². The zero-order valence-electron chi connectivity index (χ0n) is 15.0. The van der Waals surface area contributed by atoms with Crippen molar-refractivity contribution in [3.63, 3.8) is 0 Å². The normalized spacial score (nSPS) is 12.6. The number of imidazole rings is 1. The Morgan fingerprint density at radius 2 is 1.93 bits per heavy atom. The molecule has 28 heavy (non-hydrogen) atoms. The van der Waals surface area contributed by atoms with Crippen molar-refractivity contribution >= 4 is 38.4 Å². The summed E-state index contributed by atoms with van der Waals surface area (Å²) in [7, 11) is 0. The fourth-order valence-corrected chi connectivity index (χ4v) is 4.16. The third kappa shape index (κ3) is 2.42. The van der Waals surface area contributed by atoms with Crippen LogP contribution in [-0.2, 0) is 0 Å². The smallest absolute Gasteiger partial charge is 0.276 e. The molecular formula is C20H16N6OS. The maximum absolute atomic E-state index is 13.3. The number of aromatic nitrogens is 5. The first-order valence-corrected chi connectivity index (χ1v) is 9.65. The molecule has 0 aliphatic carbocycles. The van der Waals surface area contributed by atoms with Crippen LogP contribution in [0, 0.1) is 0 Å². The standard InChI is InChI=1S/C20H16N6OS/c1-12(25-11-23-16-14(21)7-9-22-19(16)25)18-24-15-8-10-28-17(15)20(27)26(18)13-5-3-2-4-6-13/h2-12H,1H3,(H2,21,22). The van der Waals surface area contributed by atoms with Crippen LogP contribution in [0.15, 0.2) is 65.2 Å². The summed E-state index contributed by atoms with van der Waals surface area (Å²) < 4.78 is 4.20. The van der Waals surface area contributed by atoms with Crippen molar-refractivity contribution in [2.45, 2.75) is 13.0 Å². The van der Waals surface area contributed by atoms with E-state index in [-0.39, 0.29) is 11.6 Å². The molecule has 0 saturated carbocycles. The van der Waals surface area contributed by atoms with Gasteiger partial charge >= 0.3 is 0 Å². The van der Waals surface area contributed by atoms with Crippen molar-refractivity contribution in [1.29, 1.82) is 0 Å². The van der Waals surface area contributed by atoms with E-state index in [1.165, 1.54) is 11.3 Å².